The van der Waals surface area contributed by atoms with Gasteiger partial charge in [0.15, 0.2) is 5.54 Å². The van der Waals surface area contributed by atoms with Crippen molar-refractivity contribution < 1.29 is 23.8 Å². The van der Waals surface area contributed by atoms with E-state index in [1.54, 1.807) is 6.92 Å². The standard InChI is InChI=1S/C19H20FNO4/c1-13(25-12-14-6-4-3-5-7-14)17(22)21-19(2,18(23)24)15-8-10-16(20)11-9-15/h3-11,13H,12H2,1-2H3,(H,21,22)(H,23,24). The summed E-state index contributed by atoms with van der Waals surface area (Å²) in [6, 6.07) is 14.3. The summed E-state index contributed by atoms with van der Waals surface area (Å²) in [6.45, 7) is 3.13. The second-order valence-electron chi connectivity index (χ2n) is 5.87. The fraction of sp³-hybridized carbons (Fsp3) is 0.263. The number of amides is 1. The molecule has 0 heterocycles. The lowest BCUT2D eigenvalue weighted by molar-refractivity contribution is -0.149. The number of hydrogen-bond donors (Lipinski definition) is 2. The molecule has 1 amide bonds. The van der Waals surface area contributed by atoms with E-state index >= 15 is 0 Å². The fourth-order valence-corrected chi connectivity index (χ4v) is 2.25. The molecular formula is C19H20FNO4. The minimum atomic E-state index is -1.69. The highest BCUT2D eigenvalue weighted by atomic mass is 19.1. The van der Waals surface area contributed by atoms with Crippen LogP contribution in [-0.4, -0.2) is 23.1 Å². The maximum absolute atomic E-state index is 13.1. The van der Waals surface area contributed by atoms with Crippen LogP contribution in [-0.2, 0) is 26.5 Å². The Balaban J connectivity index is 2.06. The molecule has 2 atom stereocenters. The zero-order valence-electron chi connectivity index (χ0n) is 14.0. The topological polar surface area (TPSA) is 75.6 Å². The number of nitrogens with one attached hydrogen (secondary N) is 1. The molecule has 132 valence electrons. The molecule has 0 bridgehead atoms. The summed E-state index contributed by atoms with van der Waals surface area (Å²) in [5, 5.41) is 12.0. The normalized spacial score (nSPS) is 14.4. The molecular weight excluding hydrogens is 325 g/mol. The van der Waals surface area contributed by atoms with E-state index in [0.29, 0.717) is 0 Å². The Morgan fingerprint density at radius 1 is 1.16 bits per heavy atom. The van der Waals surface area contributed by atoms with Gasteiger partial charge in [-0.05, 0) is 37.1 Å². The second kappa shape index (κ2) is 7.90. The van der Waals surface area contributed by atoms with Gasteiger partial charge in [-0.1, -0.05) is 42.5 Å². The smallest absolute Gasteiger partial charge is 0.333 e. The van der Waals surface area contributed by atoms with Crippen molar-refractivity contribution in [3.05, 3.63) is 71.5 Å². The van der Waals surface area contributed by atoms with Crippen LogP contribution in [0.3, 0.4) is 0 Å². The van der Waals surface area contributed by atoms with Crippen molar-refractivity contribution in [2.45, 2.75) is 32.1 Å². The SMILES string of the molecule is CC(OCc1ccccc1)C(=O)NC(C)(C(=O)O)c1ccc(F)cc1. The zero-order chi connectivity index (χ0) is 18.4. The van der Waals surface area contributed by atoms with Gasteiger partial charge >= 0.3 is 5.97 Å². The van der Waals surface area contributed by atoms with Crippen LogP contribution in [0.1, 0.15) is 25.0 Å². The van der Waals surface area contributed by atoms with Crippen molar-refractivity contribution in [3.63, 3.8) is 0 Å². The zero-order valence-corrected chi connectivity index (χ0v) is 14.0. The number of aliphatic carboxylic acids is 1. The number of carboxylic acids is 1. The Labute approximate surface area is 145 Å². The summed E-state index contributed by atoms with van der Waals surface area (Å²) < 4.78 is 18.6. The Bertz CT molecular complexity index is 733. The Morgan fingerprint density at radius 3 is 2.32 bits per heavy atom. The van der Waals surface area contributed by atoms with Crippen molar-refractivity contribution in [2.75, 3.05) is 0 Å². The van der Waals surface area contributed by atoms with Crippen molar-refractivity contribution in [2.24, 2.45) is 0 Å². The number of ether oxygens (including phenoxy) is 1. The van der Waals surface area contributed by atoms with Crippen molar-refractivity contribution in [1.29, 1.82) is 0 Å². The molecule has 0 aliphatic heterocycles. The van der Waals surface area contributed by atoms with E-state index in [1.165, 1.54) is 19.1 Å². The van der Waals surface area contributed by atoms with Gasteiger partial charge in [0, 0.05) is 0 Å². The van der Waals surface area contributed by atoms with E-state index in [9.17, 15) is 19.1 Å². The molecule has 0 aliphatic carbocycles. The van der Waals surface area contributed by atoms with Crippen LogP contribution < -0.4 is 5.32 Å². The molecule has 0 saturated carbocycles. The first-order valence-corrected chi connectivity index (χ1v) is 7.80. The van der Waals surface area contributed by atoms with Crippen LogP contribution in [0.15, 0.2) is 54.6 Å². The van der Waals surface area contributed by atoms with Crippen molar-refractivity contribution >= 4 is 11.9 Å². The molecule has 2 aromatic rings. The molecule has 0 saturated heterocycles. The number of carbonyl (C=O) groups is 2. The van der Waals surface area contributed by atoms with E-state index in [0.717, 1.165) is 17.7 Å². The van der Waals surface area contributed by atoms with E-state index in [2.05, 4.69) is 5.32 Å². The maximum atomic E-state index is 13.1. The Hall–Kier alpha value is -2.73. The second-order valence-corrected chi connectivity index (χ2v) is 5.87. The van der Waals surface area contributed by atoms with Gasteiger partial charge in [-0.15, -0.1) is 0 Å². The van der Waals surface area contributed by atoms with Crippen molar-refractivity contribution in [1.82, 2.24) is 5.32 Å². The van der Waals surface area contributed by atoms with E-state index in [-0.39, 0.29) is 12.2 Å². The number of halogens is 1. The van der Waals surface area contributed by atoms with Crippen LogP contribution in [0.5, 0.6) is 0 Å². The van der Waals surface area contributed by atoms with Gasteiger partial charge < -0.3 is 15.2 Å². The molecule has 2 aromatic carbocycles. The molecule has 0 radical (unpaired) electrons. The molecule has 0 aliphatic rings. The van der Waals surface area contributed by atoms with Crippen LogP contribution in [0.25, 0.3) is 0 Å². The summed E-state index contributed by atoms with van der Waals surface area (Å²) in [7, 11) is 0. The van der Waals surface area contributed by atoms with Gasteiger partial charge in [0.25, 0.3) is 0 Å². The molecule has 0 fully saturated rings. The molecule has 2 unspecified atom stereocenters. The van der Waals surface area contributed by atoms with E-state index < -0.39 is 29.3 Å². The number of benzene rings is 2. The molecule has 2 N–H and O–H groups in total. The third-order valence-corrected chi connectivity index (χ3v) is 3.93. The lowest BCUT2D eigenvalue weighted by atomic mass is 9.91. The number of carbonyl (C=O) groups excluding carboxylic acids is 1. The largest absolute Gasteiger partial charge is 0.479 e. The van der Waals surface area contributed by atoms with Crippen molar-refractivity contribution in [3.8, 4) is 0 Å². The summed E-state index contributed by atoms with van der Waals surface area (Å²) in [6.07, 6.45) is -0.848. The minimum Gasteiger partial charge on any atom is -0.479 e. The van der Waals surface area contributed by atoms with Gasteiger partial charge in [0.1, 0.15) is 11.9 Å². The minimum absolute atomic E-state index is 0.232. The van der Waals surface area contributed by atoms with Gasteiger partial charge in [0.2, 0.25) is 5.91 Å². The summed E-state index contributed by atoms with van der Waals surface area (Å²) in [5.41, 5.74) is -0.513. The molecule has 6 heteroatoms. The average Bonchev–Trinajstić information content (AvgIpc) is 2.60. The highest BCUT2D eigenvalue weighted by molar-refractivity contribution is 5.89. The quantitative estimate of drug-likeness (QED) is 0.809. The highest BCUT2D eigenvalue weighted by Crippen LogP contribution is 2.22. The van der Waals surface area contributed by atoms with Gasteiger partial charge in [0.05, 0.1) is 6.61 Å². The van der Waals surface area contributed by atoms with Gasteiger partial charge in [-0.2, -0.15) is 0 Å². The van der Waals surface area contributed by atoms with Crippen LogP contribution in [0.2, 0.25) is 0 Å². The predicted molar refractivity (Wildman–Crippen MR) is 90.2 cm³/mol. The van der Waals surface area contributed by atoms with Gasteiger partial charge in [-0.3, -0.25) is 4.79 Å². The average molecular weight is 345 g/mol. The molecule has 0 spiro atoms. The van der Waals surface area contributed by atoms with Gasteiger partial charge in [-0.25, -0.2) is 9.18 Å². The monoisotopic (exact) mass is 345 g/mol. The first-order chi connectivity index (χ1) is 11.8. The maximum Gasteiger partial charge on any atom is 0.333 e. The lowest BCUT2D eigenvalue weighted by Crippen LogP contribution is -2.52. The van der Waals surface area contributed by atoms with E-state index in [1.807, 2.05) is 30.3 Å². The number of rotatable bonds is 7. The third-order valence-electron chi connectivity index (χ3n) is 3.93. The number of carboxylic acid groups (broad SMARTS) is 1. The first kappa shape index (κ1) is 18.6. The van der Waals surface area contributed by atoms with E-state index in [4.69, 9.17) is 4.74 Å². The first-order valence-electron chi connectivity index (χ1n) is 7.80. The fourth-order valence-electron chi connectivity index (χ4n) is 2.25. The summed E-state index contributed by atoms with van der Waals surface area (Å²) in [4.78, 5) is 24.0. The summed E-state index contributed by atoms with van der Waals surface area (Å²) in [5.74, 6) is -2.30. The van der Waals surface area contributed by atoms with Crippen LogP contribution in [0, 0.1) is 5.82 Å². The molecule has 5 nitrogen and oxygen atoms in total. The molecule has 25 heavy (non-hydrogen) atoms. The Kier molecular flexibility index (Phi) is 5.88. The lowest BCUT2D eigenvalue weighted by Gasteiger charge is -2.28. The summed E-state index contributed by atoms with van der Waals surface area (Å²) >= 11 is 0. The highest BCUT2D eigenvalue weighted by Gasteiger charge is 2.38. The molecule has 2 rings (SSSR count). The van der Waals surface area contributed by atoms with Crippen LogP contribution in [0.4, 0.5) is 4.39 Å². The number of hydrogen-bond acceptors (Lipinski definition) is 3. The van der Waals surface area contributed by atoms with Crippen LogP contribution >= 0.6 is 0 Å². The predicted octanol–water partition coefficient (Wildman–Crippen LogP) is 2.85. The Morgan fingerprint density at radius 2 is 1.76 bits per heavy atom. The molecule has 0 aromatic heterocycles. The third kappa shape index (κ3) is 4.64.